The van der Waals surface area contributed by atoms with Crippen molar-refractivity contribution in [3.05, 3.63) is 24.3 Å². The lowest BCUT2D eigenvalue weighted by molar-refractivity contribution is -0.1000. The second kappa shape index (κ2) is 7.30. The summed E-state index contributed by atoms with van der Waals surface area (Å²) in [5.41, 5.74) is -0.337. The van der Waals surface area contributed by atoms with E-state index in [1.807, 2.05) is 18.2 Å². The maximum Gasteiger partial charge on any atom is 0.123 e. The van der Waals surface area contributed by atoms with Gasteiger partial charge in [-0.15, -0.1) is 0 Å². The van der Waals surface area contributed by atoms with Crippen LogP contribution in [0.4, 0.5) is 0 Å². The quantitative estimate of drug-likeness (QED) is 0.835. The number of hydrogen-bond acceptors (Lipinski definition) is 5. The van der Waals surface area contributed by atoms with Crippen LogP contribution in [0.1, 0.15) is 40.5 Å². The lowest BCUT2D eigenvalue weighted by Gasteiger charge is -2.54. The summed E-state index contributed by atoms with van der Waals surface area (Å²) in [6.07, 6.45) is 0.515. The summed E-state index contributed by atoms with van der Waals surface area (Å²) in [5, 5.41) is 20.6. The average molecular weight is 337 g/mol. The summed E-state index contributed by atoms with van der Waals surface area (Å²) < 4.78 is 10.9. The van der Waals surface area contributed by atoms with Crippen molar-refractivity contribution in [2.24, 2.45) is 0 Å². The summed E-state index contributed by atoms with van der Waals surface area (Å²) in [4.78, 5) is 2.28. The van der Waals surface area contributed by atoms with E-state index < -0.39 is 6.10 Å². The maximum atomic E-state index is 10.5. The number of aliphatic hydroxyl groups excluding tert-OH is 2. The molecule has 0 aromatic heterocycles. The highest BCUT2D eigenvalue weighted by Gasteiger charge is 2.45. The number of piperidine rings is 1. The first-order chi connectivity index (χ1) is 11.1. The number of methoxy groups -OCH3 is 1. The van der Waals surface area contributed by atoms with Crippen LogP contribution in [0, 0.1) is 0 Å². The minimum atomic E-state index is -0.606. The topological polar surface area (TPSA) is 62.2 Å². The molecule has 0 unspecified atom stereocenters. The van der Waals surface area contributed by atoms with Crippen LogP contribution < -0.4 is 9.47 Å². The Hall–Kier alpha value is -1.30. The summed E-state index contributed by atoms with van der Waals surface area (Å²) in [5.74, 6) is 1.41. The lowest BCUT2D eigenvalue weighted by Crippen LogP contribution is -2.63. The third-order valence-corrected chi connectivity index (χ3v) is 4.81. The van der Waals surface area contributed by atoms with E-state index in [1.54, 1.807) is 13.2 Å². The summed E-state index contributed by atoms with van der Waals surface area (Å²) in [6.45, 7) is 9.20. The second-order valence-corrected chi connectivity index (χ2v) is 7.94. The Bertz CT molecular complexity index is 526. The Balaban J connectivity index is 1.96. The number of likely N-dealkylation sites (tertiary alicyclic amines) is 1. The fourth-order valence-electron chi connectivity index (χ4n) is 3.91. The first-order valence-electron chi connectivity index (χ1n) is 8.55. The molecule has 1 aliphatic rings. The Labute approximate surface area is 145 Å². The van der Waals surface area contributed by atoms with Crippen LogP contribution in [0.5, 0.6) is 11.5 Å². The van der Waals surface area contributed by atoms with Crippen LogP contribution in [-0.4, -0.2) is 58.7 Å². The largest absolute Gasteiger partial charge is 0.497 e. The van der Waals surface area contributed by atoms with Gasteiger partial charge in [0.1, 0.15) is 24.2 Å². The third kappa shape index (κ3) is 4.62. The van der Waals surface area contributed by atoms with Crippen molar-refractivity contribution in [1.29, 1.82) is 0 Å². The molecule has 1 atom stereocenters. The third-order valence-electron chi connectivity index (χ3n) is 4.81. The lowest BCUT2D eigenvalue weighted by atomic mass is 9.78. The van der Waals surface area contributed by atoms with Crippen LogP contribution in [0.2, 0.25) is 0 Å². The Morgan fingerprint density at radius 2 is 1.75 bits per heavy atom. The number of aliphatic hydroxyl groups is 2. The predicted molar refractivity (Wildman–Crippen MR) is 94.6 cm³/mol. The monoisotopic (exact) mass is 337 g/mol. The first kappa shape index (κ1) is 19.0. The van der Waals surface area contributed by atoms with Crippen molar-refractivity contribution in [3.63, 3.8) is 0 Å². The molecule has 1 saturated heterocycles. The zero-order valence-corrected chi connectivity index (χ0v) is 15.5. The maximum absolute atomic E-state index is 10.5. The summed E-state index contributed by atoms with van der Waals surface area (Å²) in [7, 11) is 1.61. The van der Waals surface area contributed by atoms with Gasteiger partial charge in [-0.2, -0.15) is 0 Å². The van der Waals surface area contributed by atoms with Crippen LogP contribution >= 0.6 is 0 Å². The highest BCUT2D eigenvalue weighted by molar-refractivity contribution is 5.32. The van der Waals surface area contributed by atoms with Gasteiger partial charge in [0.15, 0.2) is 0 Å². The highest BCUT2D eigenvalue weighted by Crippen LogP contribution is 2.38. The predicted octanol–water partition coefficient (Wildman–Crippen LogP) is 2.45. The van der Waals surface area contributed by atoms with Gasteiger partial charge < -0.3 is 19.7 Å². The molecule has 0 radical (unpaired) electrons. The van der Waals surface area contributed by atoms with Gasteiger partial charge in [-0.1, -0.05) is 6.07 Å². The molecule has 0 amide bonds. The molecule has 1 heterocycles. The minimum absolute atomic E-state index is 0.169. The van der Waals surface area contributed by atoms with Crippen LogP contribution in [0.25, 0.3) is 0 Å². The van der Waals surface area contributed by atoms with Crippen LogP contribution in [-0.2, 0) is 0 Å². The van der Waals surface area contributed by atoms with E-state index in [0.29, 0.717) is 25.1 Å². The van der Waals surface area contributed by atoms with Crippen molar-refractivity contribution in [2.75, 3.05) is 20.3 Å². The molecule has 0 bridgehead atoms. The molecule has 5 nitrogen and oxygen atoms in total. The average Bonchev–Trinajstić information content (AvgIpc) is 2.48. The molecule has 1 aromatic carbocycles. The Kier molecular flexibility index (Phi) is 5.78. The molecule has 2 N–H and O–H groups in total. The van der Waals surface area contributed by atoms with Gasteiger partial charge in [-0.25, -0.2) is 0 Å². The van der Waals surface area contributed by atoms with Gasteiger partial charge in [0.25, 0.3) is 0 Å². The van der Waals surface area contributed by atoms with E-state index in [9.17, 15) is 10.2 Å². The van der Waals surface area contributed by atoms with Crippen LogP contribution in [0.3, 0.4) is 0 Å². The van der Waals surface area contributed by atoms with Gasteiger partial charge in [0, 0.05) is 23.7 Å². The standard InChI is InChI=1S/C19H31NO4/c1-18(2)10-14(21)11-19(3,4)20(18)12-15(22)13-24-17-8-6-7-16(9-17)23-5/h6-9,14-15,21-22H,10-13H2,1-5H3/t15-/m0/s1. The van der Waals surface area contributed by atoms with Crippen molar-refractivity contribution >= 4 is 0 Å². The van der Waals surface area contributed by atoms with Crippen molar-refractivity contribution < 1.29 is 19.7 Å². The van der Waals surface area contributed by atoms with E-state index >= 15 is 0 Å². The minimum Gasteiger partial charge on any atom is -0.497 e. The van der Waals surface area contributed by atoms with E-state index in [1.165, 1.54) is 0 Å². The fraction of sp³-hybridized carbons (Fsp3) is 0.684. The molecule has 1 aromatic rings. The van der Waals surface area contributed by atoms with Gasteiger partial charge in [0.05, 0.1) is 13.2 Å². The molecule has 0 spiro atoms. The molecule has 0 aliphatic carbocycles. The number of hydrogen-bond donors (Lipinski definition) is 2. The number of nitrogens with zero attached hydrogens (tertiary/aromatic N) is 1. The molecule has 1 aliphatic heterocycles. The van der Waals surface area contributed by atoms with Crippen molar-refractivity contribution in [2.45, 2.75) is 63.8 Å². The Morgan fingerprint density at radius 1 is 1.17 bits per heavy atom. The number of rotatable bonds is 6. The van der Waals surface area contributed by atoms with Crippen LogP contribution in [0.15, 0.2) is 24.3 Å². The molecule has 5 heteroatoms. The van der Waals surface area contributed by atoms with E-state index in [-0.39, 0.29) is 23.8 Å². The van der Waals surface area contributed by atoms with E-state index in [0.717, 1.165) is 5.75 Å². The molecule has 136 valence electrons. The SMILES string of the molecule is COc1cccc(OC[C@@H](O)CN2C(C)(C)CC(O)CC2(C)C)c1. The van der Waals surface area contributed by atoms with E-state index in [2.05, 4.69) is 32.6 Å². The molecular formula is C19H31NO4. The van der Waals surface area contributed by atoms with Crippen molar-refractivity contribution in [3.8, 4) is 11.5 Å². The zero-order chi connectivity index (χ0) is 18.0. The molecule has 2 rings (SSSR count). The van der Waals surface area contributed by atoms with Gasteiger partial charge >= 0.3 is 0 Å². The smallest absolute Gasteiger partial charge is 0.123 e. The summed E-state index contributed by atoms with van der Waals surface area (Å²) in [6, 6.07) is 7.37. The fourth-order valence-corrected chi connectivity index (χ4v) is 3.91. The normalized spacial score (nSPS) is 22.1. The first-order valence-corrected chi connectivity index (χ1v) is 8.55. The number of benzene rings is 1. The summed E-state index contributed by atoms with van der Waals surface area (Å²) >= 11 is 0. The molecule has 0 saturated carbocycles. The molecule has 1 fully saturated rings. The molecule has 24 heavy (non-hydrogen) atoms. The zero-order valence-electron chi connectivity index (χ0n) is 15.5. The highest BCUT2D eigenvalue weighted by atomic mass is 16.5. The van der Waals surface area contributed by atoms with Gasteiger partial charge in [-0.05, 0) is 52.7 Å². The number of ether oxygens (including phenoxy) is 2. The Morgan fingerprint density at radius 3 is 2.33 bits per heavy atom. The number of β-amino-alcohol motifs (C(OH)–C–C–N with tert-alkyl or cyclic N) is 1. The van der Waals surface area contributed by atoms with Crippen molar-refractivity contribution in [1.82, 2.24) is 4.90 Å². The molecular weight excluding hydrogens is 306 g/mol. The second-order valence-electron chi connectivity index (χ2n) is 7.94. The van der Waals surface area contributed by atoms with Gasteiger partial charge in [0.2, 0.25) is 0 Å². The van der Waals surface area contributed by atoms with E-state index in [4.69, 9.17) is 9.47 Å². The van der Waals surface area contributed by atoms with Gasteiger partial charge in [-0.3, -0.25) is 4.90 Å².